The standard InChI is InChI=1S/C22H17FN2O/c23-19-5-2-1-4-16(19)22-17-8-6-14(24)12-20(17)26-21-13-15(7-9-18(21)22)25-10-3-11-25/h1-2,4-9,12-13,24H,3,10-11H2/p+1. The summed E-state index contributed by atoms with van der Waals surface area (Å²) in [5, 5.41) is 1.99. The number of anilines is 1. The molecule has 3 aliphatic rings. The molecular weight excluding hydrogens is 327 g/mol. The molecule has 0 atom stereocenters. The highest BCUT2D eigenvalue weighted by atomic mass is 19.1. The molecule has 26 heavy (non-hydrogen) atoms. The van der Waals surface area contributed by atoms with Crippen LogP contribution in [0, 0.1) is 5.82 Å². The minimum Gasteiger partial charge on any atom is -0.456 e. The third-order valence-corrected chi connectivity index (χ3v) is 5.09. The van der Waals surface area contributed by atoms with Gasteiger partial charge in [-0.25, -0.2) is 8.97 Å². The Morgan fingerprint density at radius 3 is 2.54 bits per heavy atom. The first-order valence-corrected chi connectivity index (χ1v) is 8.80. The van der Waals surface area contributed by atoms with Gasteiger partial charge in [-0.15, -0.1) is 0 Å². The quantitative estimate of drug-likeness (QED) is 0.321. The van der Waals surface area contributed by atoms with E-state index in [1.54, 1.807) is 12.1 Å². The Labute approximate surface area is 150 Å². The summed E-state index contributed by atoms with van der Waals surface area (Å²) in [5.74, 6) is 0.496. The maximum atomic E-state index is 14.6. The normalized spacial score (nSPS) is 14.0. The molecule has 0 bridgehead atoms. The minimum atomic E-state index is -0.245. The molecule has 1 saturated heterocycles. The van der Waals surface area contributed by atoms with E-state index in [9.17, 15) is 4.39 Å². The Morgan fingerprint density at radius 2 is 1.77 bits per heavy atom. The number of fused-ring (bicyclic) bond motifs is 2. The molecule has 0 unspecified atom stereocenters. The van der Waals surface area contributed by atoms with Crippen LogP contribution in [0.2, 0.25) is 0 Å². The van der Waals surface area contributed by atoms with Gasteiger partial charge in [0.25, 0.3) is 0 Å². The van der Waals surface area contributed by atoms with Gasteiger partial charge in [-0.3, -0.25) is 0 Å². The summed E-state index contributed by atoms with van der Waals surface area (Å²) in [4.78, 5) is 0. The van der Waals surface area contributed by atoms with E-state index < -0.39 is 0 Å². The monoisotopic (exact) mass is 345 g/mol. The number of hydrogen-bond donors (Lipinski definition) is 1. The van der Waals surface area contributed by atoms with E-state index in [2.05, 4.69) is 10.6 Å². The minimum absolute atomic E-state index is 0.245. The van der Waals surface area contributed by atoms with Crippen LogP contribution in [0.5, 0.6) is 0 Å². The maximum absolute atomic E-state index is 14.6. The lowest BCUT2D eigenvalue weighted by Gasteiger charge is -2.16. The summed E-state index contributed by atoms with van der Waals surface area (Å²) in [5.41, 5.74) is 9.55. The van der Waals surface area contributed by atoms with Crippen molar-refractivity contribution in [3.63, 3.8) is 0 Å². The highest BCUT2D eigenvalue weighted by molar-refractivity contribution is 6.02. The van der Waals surface area contributed by atoms with Gasteiger partial charge in [0.15, 0.2) is 0 Å². The first-order chi connectivity index (χ1) is 12.7. The van der Waals surface area contributed by atoms with Crippen molar-refractivity contribution in [2.24, 2.45) is 0 Å². The summed E-state index contributed by atoms with van der Waals surface area (Å²) >= 11 is 0. The Kier molecular flexibility index (Phi) is 3.32. The van der Waals surface area contributed by atoms with E-state index in [0.29, 0.717) is 16.8 Å². The molecule has 2 aromatic carbocycles. The van der Waals surface area contributed by atoms with E-state index in [1.165, 1.54) is 12.5 Å². The van der Waals surface area contributed by atoms with Gasteiger partial charge in [0.05, 0.1) is 12.5 Å². The molecule has 1 fully saturated rings. The average molecular weight is 345 g/mol. The summed E-state index contributed by atoms with van der Waals surface area (Å²) < 4.78 is 23.1. The highest BCUT2D eigenvalue weighted by Crippen LogP contribution is 2.40. The third kappa shape index (κ3) is 2.30. The number of hydrogen-bond acceptors (Lipinski definition) is 2. The van der Waals surface area contributed by atoms with Crippen LogP contribution in [-0.4, -0.2) is 13.1 Å². The second kappa shape index (κ2) is 5.70. The lowest BCUT2D eigenvalue weighted by molar-refractivity contribution is 0.432. The predicted octanol–water partition coefficient (Wildman–Crippen LogP) is 4.10. The van der Waals surface area contributed by atoms with Gasteiger partial charge in [-0.2, -0.15) is 0 Å². The summed E-state index contributed by atoms with van der Waals surface area (Å²) in [6, 6.07) is 18.5. The number of halogens is 1. The van der Waals surface area contributed by atoms with Crippen LogP contribution in [0.25, 0.3) is 33.4 Å². The second-order valence-electron chi connectivity index (χ2n) is 6.73. The van der Waals surface area contributed by atoms with Gasteiger partial charge in [-0.05, 0) is 24.3 Å². The van der Waals surface area contributed by atoms with Crippen molar-refractivity contribution in [1.29, 1.82) is 0 Å². The van der Waals surface area contributed by atoms with E-state index in [1.807, 2.05) is 36.4 Å². The SMILES string of the molecule is Nc1ccc2c(-c3ccccc3F)c3ccc(=[N+]4CCC4)cc-3oc2c1. The van der Waals surface area contributed by atoms with Crippen LogP contribution >= 0.6 is 0 Å². The van der Waals surface area contributed by atoms with Crippen LogP contribution in [0.4, 0.5) is 10.1 Å². The zero-order valence-electron chi connectivity index (χ0n) is 14.2. The van der Waals surface area contributed by atoms with E-state index in [4.69, 9.17) is 10.2 Å². The average Bonchev–Trinajstić information content (AvgIpc) is 2.59. The lowest BCUT2D eigenvalue weighted by atomic mass is 9.93. The summed E-state index contributed by atoms with van der Waals surface area (Å²) in [6.45, 7) is 2.12. The van der Waals surface area contributed by atoms with Crippen molar-refractivity contribution in [1.82, 2.24) is 4.58 Å². The van der Waals surface area contributed by atoms with E-state index >= 15 is 0 Å². The molecule has 2 aromatic rings. The van der Waals surface area contributed by atoms with Crippen LogP contribution in [0.3, 0.4) is 0 Å². The Hall–Kier alpha value is -3.14. The van der Waals surface area contributed by atoms with Gasteiger partial charge in [0, 0.05) is 39.9 Å². The molecule has 2 heterocycles. The molecule has 2 N–H and O–H groups in total. The van der Waals surface area contributed by atoms with Crippen LogP contribution < -0.4 is 15.7 Å². The predicted molar refractivity (Wildman–Crippen MR) is 102 cm³/mol. The molecule has 0 aromatic heterocycles. The van der Waals surface area contributed by atoms with Crippen molar-refractivity contribution in [3.05, 3.63) is 71.8 Å². The van der Waals surface area contributed by atoms with E-state index in [0.717, 1.165) is 40.7 Å². The first-order valence-electron chi connectivity index (χ1n) is 8.80. The van der Waals surface area contributed by atoms with Crippen molar-refractivity contribution in [2.75, 3.05) is 18.8 Å². The van der Waals surface area contributed by atoms with Crippen molar-refractivity contribution < 1.29 is 8.81 Å². The van der Waals surface area contributed by atoms with Crippen LogP contribution in [0.15, 0.2) is 65.1 Å². The number of nitrogens with two attached hydrogens (primary N) is 1. The highest BCUT2D eigenvalue weighted by Gasteiger charge is 2.22. The maximum Gasteiger partial charge on any atom is 0.203 e. The van der Waals surface area contributed by atoms with Gasteiger partial charge in [0.1, 0.15) is 30.3 Å². The number of benzene rings is 3. The zero-order chi connectivity index (χ0) is 17.7. The largest absolute Gasteiger partial charge is 0.456 e. The molecule has 4 heteroatoms. The molecule has 0 spiro atoms. The van der Waals surface area contributed by atoms with Crippen molar-refractivity contribution in [3.8, 4) is 22.5 Å². The molecule has 128 valence electrons. The molecular formula is C22H18FN2O+. The van der Waals surface area contributed by atoms with Gasteiger partial charge in [0.2, 0.25) is 5.36 Å². The fourth-order valence-electron chi connectivity index (χ4n) is 3.62. The molecule has 1 aliphatic carbocycles. The van der Waals surface area contributed by atoms with Crippen LogP contribution in [-0.2, 0) is 0 Å². The van der Waals surface area contributed by atoms with Crippen molar-refractivity contribution in [2.45, 2.75) is 6.42 Å². The topological polar surface area (TPSA) is 42.2 Å². The molecule has 5 rings (SSSR count). The molecule has 2 aliphatic heterocycles. The summed E-state index contributed by atoms with van der Waals surface area (Å²) in [6.07, 6.45) is 1.21. The van der Waals surface area contributed by atoms with Gasteiger partial charge >= 0.3 is 0 Å². The molecule has 0 saturated carbocycles. The second-order valence-corrected chi connectivity index (χ2v) is 6.73. The molecule has 0 amide bonds. The van der Waals surface area contributed by atoms with Gasteiger partial charge < -0.3 is 10.2 Å². The van der Waals surface area contributed by atoms with Crippen LogP contribution in [0.1, 0.15) is 6.42 Å². The summed E-state index contributed by atoms with van der Waals surface area (Å²) in [7, 11) is 0. The smallest absolute Gasteiger partial charge is 0.203 e. The molecule has 3 nitrogen and oxygen atoms in total. The Bertz CT molecular complexity index is 1190. The van der Waals surface area contributed by atoms with Crippen molar-refractivity contribution >= 4 is 16.7 Å². The molecule has 0 radical (unpaired) electrons. The fourth-order valence-corrected chi connectivity index (χ4v) is 3.62. The third-order valence-electron chi connectivity index (χ3n) is 5.09. The van der Waals surface area contributed by atoms with E-state index in [-0.39, 0.29) is 5.82 Å². The Morgan fingerprint density at radius 1 is 0.923 bits per heavy atom. The zero-order valence-corrected chi connectivity index (χ0v) is 14.2. The fraction of sp³-hybridized carbons (Fsp3) is 0.136. The Balaban J connectivity index is 1.92. The lowest BCUT2D eigenvalue weighted by Crippen LogP contribution is -2.40. The number of rotatable bonds is 1. The number of nitrogen functional groups attached to an aromatic ring is 1. The number of nitrogens with zero attached hydrogens (tertiary/aromatic N) is 1. The van der Waals surface area contributed by atoms with Gasteiger partial charge in [-0.1, -0.05) is 18.2 Å². The first kappa shape index (κ1) is 15.1.